The van der Waals surface area contributed by atoms with Crippen molar-refractivity contribution in [1.29, 1.82) is 0 Å². The number of carbonyl (C=O) groups is 2. The number of likely N-dealkylation sites (N-methyl/N-ethyl adjacent to an activating group) is 1. The number of hydrogen-bond donors (Lipinski definition) is 1. The van der Waals surface area contributed by atoms with E-state index in [1.54, 1.807) is 21.2 Å². The first-order chi connectivity index (χ1) is 8.67. The standard InChI is InChI=1S/C13H27N3O3/c1-13(2,14)7-6-11(17)16(8-9-19-5)10-12(18)15(3)4/h6-10,14H2,1-5H3. The Bertz CT molecular complexity index is 298. The second-order valence-electron chi connectivity index (χ2n) is 5.58. The number of carbonyl (C=O) groups excluding carboxylic acids is 2. The van der Waals surface area contributed by atoms with Crippen molar-refractivity contribution in [3.63, 3.8) is 0 Å². The maximum atomic E-state index is 12.1. The van der Waals surface area contributed by atoms with E-state index < -0.39 is 0 Å². The van der Waals surface area contributed by atoms with Crippen LogP contribution in [0, 0.1) is 0 Å². The fourth-order valence-electron chi connectivity index (χ4n) is 1.39. The average molecular weight is 273 g/mol. The van der Waals surface area contributed by atoms with Crippen molar-refractivity contribution in [2.75, 3.05) is 40.9 Å². The number of hydrogen-bond acceptors (Lipinski definition) is 4. The van der Waals surface area contributed by atoms with Gasteiger partial charge in [0.1, 0.15) is 0 Å². The van der Waals surface area contributed by atoms with Gasteiger partial charge in [0, 0.05) is 39.7 Å². The van der Waals surface area contributed by atoms with E-state index in [0.29, 0.717) is 26.0 Å². The van der Waals surface area contributed by atoms with Crippen LogP contribution < -0.4 is 5.73 Å². The summed E-state index contributed by atoms with van der Waals surface area (Å²) in [4.78, 5) is 26.8. The number of amides is 2. The van der Waals surface area contributed by atoms with Gasteiger partial charge in [-0.25, -0.2) is 0 Å². The lowest BCUT2D eigenvalue weighted by molar-refractivity contribution is -0.139. The van der Waals surface area contributed by atoms with E-state index >= 15 is 0 Å². The molecule has 0 aliphatic carbocycles. The van der Waals surface area contributed by atoms with Crippen LogP contribution in [0.1, 0.15) is 26.7 Å². The monoisotopic (exact) mass is 273 g/mol. The third-order valence-electron chi connectivity index (χ3n) is 2.73. The molecule has 0 atom stereocenters. The van der Waals surface area contributed by atoms with Crippen molar-refractivity contribution in [2.45, 2.75) is 32.2 Å². The molecule has 0 saturated carbocycles. The highest BCUT2D eigenvalue weighted by molar-refractivity contribution is 5.84. The number of rotatable bonds is 8. The Kier molecular flexibility index (Phi) is 7.63. The van der Waals surface area contributed by atoms with Crippen molar-refractivity contribution in [1.82, 2.24) is 9.80 Å². The van der Waals surface area contributed by atoms with Crippen molar-refractivity contribution >= 4 is 11.8 Å². The van der Waals surface area contributed by atoms with Crippen LogP contribution in [-0.2, 0) is 14.3 Å². The molecule has 0 spiro atoms. The van der Waals surface area contributed by atoms with E-state index in [0.717, 1.165) is 0 Å². The van der Waals surface area contributed by atoms with Crippen LogP contribution in [0.5, 0.6) is 0 Å². The van der Waals surface area contributed by atoms with E-state index in [-0.39, 0.29) is 23.9 Å². The fraction of sp³-hybridized carbons (Fsp3) is 0.846. The summed E-state index contributed by atoms with van der Waals surface area (Å²) in [6.45, 7) is 4.67. The van der Waals surface area contributed by atoms with Gasteiger partial charge in [-0.05, 0) is 20.3 Å². The topological polar surface area (TPSA) is 75.9 Å². The van der Waals surface area contributed by atoms with Crippen molar-refractivity contribution < 1.29 is 14.3 Å². The third kappa shape index (κ3) is 8.56. The lowest BCUT2D eigenvalue weighted by Gasteiger charge is -2.25. The van der Waals surface area contributed by atoms with Gasteiger partial charge in [0.05, 0.1) is 13.2 Å². The summed E-state index contributed by atoms with van der Waals surface area (Å²) in [5, 5.41) is 0. The zero-order valence-electron chi connectivity index (χ0n) is 12.7. The third-order valence-corrected chi connectivity index (χ3v) is 2.73. The van der Waals surface area contributed by atoms with Gasteiger partial charge in [-0.1, -0.05) is 0 Å². The summed E-state index contributed by atoms with van der Waals surface area (Å²) in [6.07, 6.45) is 0.930. The molecular formula is C13H27N3O3. The molecule has 6 heteroatoms. The highest BCUT2D eigenvalue weighted by Crippen LogP contribution is 2.09. The molecule has 0 aliphatic heterocycles. The van der Waals surface area contributed by atoms with E-state index in [2.05, 4.69) is 0 Å². The minimum atomic E-state index is -0.381. The molecule has 0 bridgehead atoms. The summed E-state index contributed by atoms with van der Waals surface area (Å²) >= 11 is 0. The number of ether oxygens (including phenoxy) is 1. The van der Waals surface area contributed by atoms with Crippen LogP contribution in [-0.4, -0.2) is 68.1 Å². The number of nitrogens with two attached hydrogens (primary N) is 1. The van der Waals surface area contributed by atoms with E-state index in [9.17, 15) is 9.59 Å². The molecule has 0 aliphatic rings. The molecule has 2 N–H and O–H groups in total. The molecule has 19 heavy (non-hydrogen) atoms. The van der Waals surface area contributed by atoms with Gasteiger partial charge in [0.25, 0.3) is 0 Å². The molecule has 0 unspecified atom stereocenters. The maximum absolute atomic E-state index is 12.1. The first-order valence-electron chi connectivity index (χ1n) is 6.43. The van der Waals surface area contributed by atoms with Crippen molar-refractivity contribution in [3.05, 3.63) is 0 Å². The highest BCUT2D eigenvalue weighted by atomic mass is 16.5. The molecule has 6 nitrogen and oxygen atoms in total. The molecule has 0 saturated heterocycles. The second-order valence-corrected chi connectivity index (χ2v) is 5.58. The zero-order valence-corrected chi connectivity index (χ0v) is 12.7. The Morgan fingerprint density at radius 3 is 2.21 bits per heavy atom. The Balaban J connectivity index is 4.47. The van der Waals surface area contributed by atoms with Gasteiger partial charge in [0.15, 0.2) is 0 Å². The number of methoxy groups -OCH3 is 1. The summed E-state index contributed by atoms with van der Waals surface area (Å²) in [5.74, 6) is -0.165. The molecule has 0 aromatic heterocycles. The summed E-state index contributed by atoms with van der Waals surface area (Å²) in [6, 6.07) is 0. The zero-order chi connectivity index (χ0) is 15.1. The molecule has 2 amide bonds. The maximum Gasteiger partial charge on any atom is 0.241 e. The minimum Gasteiger partial charge on any atom is -0.383 e. The van der Waals surface area contributed by atoms with Gasteiger partial charge in [0.2, 0.25) is 11.8 Å². The van der Waals surface area contributed by atoms with E-state index in [4.69, 9.17) is 10.5 Å². The second kappa shape index (κ2) is 8.12. The molecule has 0 heterocycles. The van der Waals surface area contributed by atoms with Gasteiger partial charge in [-0.15, -0.1) is 0 Å². The van der Waals surface area contributed by atoms with Gasteiger partial charge in [-0.2, -0.15) is 0 Å². The normalized spacial score (nSPS) is 11.3. The Morgan fingerprint density at radius 1 is 1.21 bits per heavy atom. The summed E-state index contributed by atoms with van der Waals surface area (Å²) < 4.78 is 4.97. The predicted molar refractivity (Wildman–Crippen MR) is 74.7 cm³/mol. The molecular weight excluding hydrogens is 246 g/mol. The van der Waals surface area contributed by atoms with E-state index in [1.807, 2.05) is 13.8 Å². The Morgan fingerprint density at radius 2 is 1.79 bits per heavy atom. The molecule has 0 radical (unpaired) electrons. The minimum absolute atomic E-state index is 0.0641. The van der Waals surface area contributed by atoms with Gasteiger partial charge < -0.3 is 20.3 Å². The SMILES string of the molecule is COCCN(CC(=O)N(C)C)C(=O)CCC(C)(C)N. The van der Waals surface area contributed by atoms with Crippen LogP contribution >= 0.6 is 0 Å². The molecule has 112 valence electrons. The van der Waals surface area contributed by atoms with E-state index in [1.165, 1.54) is 9.80 Å². The fourth-order valence-corrected chi connectivity index (χ4v) is 1.39. The van der Waals surface area contributed by atoms with Crippen LogP contribution in [0.3, 0.4) is 0 Å². The van der Waals surface area contributed by atoms with Gasteiger partial charge >= 0.3 is 0 Å². The first-order valence-corrected chi connectivity index (χ1v) is 6.43. The summed E-state index contributed by atoms with van der Waals surface area (Å²) in [5.41, 5.74) is 5.48. The average Bonchev–Trinajstić information content (AvgIpc) is 2.29. The predicted octanol–water partition coefficient (Wildman–Crippen LogP) is 0.0671. The first kappa shape index (κ1) is 17.9. The van der Waals surface area contributed by atoms with Gasteiger partial charge in [-0.3, -0.25) is 9.59 Å². The van der Waals surface area contributed by atoms with Crippen molar-refractivity contribution in [2.24, 2.45) is 5.73 Å². The van der Waals surface area contributed by atoms with Crippen LogP contribution in [0.2, 0.25) is 0 Å². The largest absolute Gasteiger partial charge is 0.383 e. The molecule has 0 fully saturated rings. The quantitative estimate of drug-likeness (QED) is 0.679. The lowest BCUT2D eigenvalue weighted by atomic mass is 10.00. The molecule has 0 aromatic rings. The smallest absolute Gasteiger partial charge is 0.241 e. The highest BCUT2D eigenvalue weighted by Gasteiger charge is 2.20. The van der Waals surface area contributed by atoms with Crippen LogP contribution in [0.25, 0.3) is 0 Å². The number of nitrogens with zero attached hydrogens (tertiary/aromatic N) is 2. The molecule has 0 aromatic carbocycles. The molecule has 0 rings (SSSR count). The van der Waals surface area contributed by atoms with Crippen LogP contribution in [0.15, 0.2) is 0 Å². The Hall–Kier alpha value is -1.14. The lowest BCUT2D eigenvalue weighted by Crippen LogP contribution is -2.43. The van der Waals surface area contributed by atoms with Crippen molar-refractivity contribution in [3.8, 4) is 0 Å². The summed E-state index contributed by atoms with van der Waals surface area (Å²) in [7, 11) is 4.91. The Labute approximate surface area is 115 Å². The van der Waals surface area contributed by atoms with Crippen LogP contribution in [0.4, 0.5) is 0 Å².